The number of aromatic nitrogens is 1. The van der Waals surface area contributed by atoms with Gasteiger partial charge in [-0.1, -0.05) is 6.92 Å². The molecule has 20 heavy (non-hydrogen) atoms. The number of pyridine rings is 1. The highest BCUT2D eigenvalue weighted by molar-refractivity contribution is 7.10. The van der Waals surface area contributed by atoms with E-state index in [1.807, 2.05) is 23.7 Å². The van der Waals surface area contributed by atoms with Gasteiger partial charge in [-0.3, -0.25) is 4.98 Å². The largest absolute Gasteiger partial charge is 0.384 e. The lowest BCUT2D eigenvalue weighted by molar-refractivity contribution is 0.608. The molecule has 0 amide bonds. The molecule has 0 aliphatic heterocycles. The Morgan fingerprint density at radius 3 is 3.15 bits per heavy atom. The molecule has 3 nitrogen and oxygen atoms in total. The number of hydrogen-bond donors (Lipinski definition) is 2. The lowest BCUT2D eigenvalue weighted by Crippen LogP contribution is -2.15. The maximum Gasteiger partial charge on any atom is 0.0552 e. The smallest absolute Gasteiger partial charge is 0.0552 e. The first-order chi connectivity index (χ1) is 9.86. The molecule has 0 bridgehead atoms. The highest BCUT2D eigenvalue weighted by atomic mass is 32.1. The van der Waals surface area contributed by atoms with Gasteiger partial charge >= 0.3 is 0 Å². The van der Waals surface area contributed by atoms with E-state index in [1.54, 1.807) is 4.88 Å². The minimum Gasteiger partial charge on any atom is -0.384 e. The van der Waals surface area contributed by atoms with Gasteiger partial charge < -0.3 is 10.6 Å². The first-order valence-electron chi connectivity index (χ1n) is 7.38. The monoisotopic (exact) mass is 287 g/mol. The molecular formula is C16H21N3S. The fourth-order valence-electron chi connectivity index (χ4n) is 2.72. The number of nitrogens with zero attached hydrogens (tertiary/aromatic N) is 1. The molecule has 0 saturated carbocycles. The van der Waals surface area contributed by atoms with Crippen LogP contribution in [0.1, 0.15) is 42.7 Å². The lowest BCUT2D eigenvalue weighted by Gasteiger charge is -2.24. The molecule has 1 aliphatic carbocycles. The highest BCUT2D eigenvalue weighted by Crippen LogP contribution is 2.35. The van der Waals surface area contributed by atoms with Crippen molar-refractivity contribution in [2.24, 2.45) is 0 Å². The van der Waals surface area contributed by atoms with Crippen LogP contribution in [-0.4, -0.2) is 11.5 Å². The van der Waals surface area contributed by atoms with Gasteiger partial charge in [0.15, 0.2) is 0 Å². The third kappa shape index (κ3) is 2.96. The third-order valence-electron chi connectivity index (χ3n) is 3.71. The van der Waals surface area contributed by atoms with Crippen molar-refractivity contribution in [2.45, 2.75) is 38.6 Å². The number of fused-ring (bicyclic) bond motifs is 1. The molecule has 106 valence electrons. The van der Waals surface area contributed by atoms with Crippen LogP contribution in [0.2, 0.25) is 0 Å². The molecule has 0 saturated heterocycles. The van der Waals surface area contributed by atoms with Gasteiger partial charge in [0.1, 0.15) is 0 Å². The van der Waals surface area contributed by atoms with Crippen LogP contribution in [0.3, 0.4) is 0 Å². The lowest BCUT2D eigenvalue weighted by atomic mass is 9.94. The summed E-state index contributed by atoms with van der Waals surface area (Å²) in [6.45, 7) is 3.16. The van der Waals surface area contributed by atoms with E-state index in [1.165, 1.54) is 24.8 Å². The van der Waals surface area contributed by atoms with Gasteiger partial charge in [-0.05, 0) is 48.8 Å². The maximum atomic E-state index is 4.32. The van der Waals surface area contributed by atoms with E-state index in [0.717, 1.165) is 24.3 Å². The van der Waals surface area contributed by atoms with Crippen LogP contribution in [0.5, 0.6) is 0 Å². The quantitative estimate of drug-likeness (QED) is 0.853. The minimum atomic E-state index is 0.438. The van der Waals surface area contributed by atoms with Crippen molar-refractivity contribution in [1.82, 2.24) is 4.98 Å². The van der Waals surface area contributed by atoms with Crippen LogP contribution in [-0.2, 0) is 6.42 Å². The Balaban J connectivity index is 1.72. The molecule has 1 atom stereocenters. The molecule has 2 aromatic rings. The van der Waals surface area contributed by atoms with Gasteiger partial charge in [-0.25, -0.2) is 0 Å². The molecule has 1 unspecified atom stereocenters. The zero-order valence-corrected chi connectivity index (χ0v) is 12.7. The van der Waals surface area contributed by atoms with Gasteiger partial charge in [0.2, 0.25) is 0 Å². The summed E-state index contributed by atoms with van der Waals surface area (Å²) in [5.41, 5.74) is 3.68. The van der Waals surface area contributed by atoms with Crippen LogP contribution >= 0.6 is 11.3 Å². The van der Waals surface area contributed by atoms with Crippen LogP contribution < -0.4 is 10.6 Å². The van der Waals surface area contributed by atoms with Gasteiger partial charge in [-0.15, -0.1) is 11.3 Å². The first kappa shape index (κ1) is 13.4. The molecule has 1 aliphatic rings. The predicted molar refractivity (Wildman–Crippen MR) is 86.6 cm³/mol. The fraction of sp³-hybridized carbons (Fsp3) is 0.438. The molecule has 2 aromatic heterocycles. The molecule has 2 heterocycles. The second-order valence-corrected chi connectivity index (χ2v) is 6.28. The Kier molecular flexibility index (Phi) is 4.21. The van der Waals surface area contributed by atoms with E-state index in [-0.39, 0.29) is 0 Å². The topological polar surface area (TPSA) is 37.0 Å². The van der Waals surface area contributed by atoms with Crippen molar-refractivity contribution in [1.29, 1.82) is 0 Å². The van der Waals surface area contributed by atoms with Crippen molar-refractivity contribution in [3.05, 3.63) is 40.3 Å². The van der Waals surface area contributed by atoms with E-state index in [2.05, 4.69) is 40.1 Å². The zero-order valence-electron chi connectivity index (χ0n) is 11.9. The highest BCUT2D eigenvalue weighted by Gasteiger charge is 2.20. The summed E-state index contributed by atoms with van der Waals surface area (Å²) in [6, 6.07) is 4.86. The SMILES string of the molecule is CCCNc1cncc(NC2CCCc3sccc32)c1. The number of nitrogens with one attached hydrogen (secondary N) is 2. The summed E-state index contributed by atoms with van der Waals surface area (Å²) in [6.07, 6.45) is 8.64. The Morgan fingerprint density at radius 2 is 2.25 bits per heavy atom. The van der Waals surface area contributed by atoms with Crippen molar-refractivity contribution in [2.75, 3.05) is 17.2 Å². The van der Waals surface area contributed by atoms with Crippen molar-refractivity contribution in [3.63, 3.8) is 0 Å². The van der Waals surface area contributed by atoms with Crippen molar-refractivity contribution < 1.29 is 0 Å². The number of hydrogen-bond acceptors (Lipinski definition) is 4. The second kappa shape index (κ2) is 6.27. The van der Waals surface area contributed by atoms with Crippen molar-refractivity contribution >= 4 is 22.7 Å². The third-order valence-corrected chi connectivity index (χ3v) is 4.71. The Morgan fingerprint density at radius 1 is 1.35 bits per heavy atom. The Bertz CT molecular complexity index is 564. The molecule has 0 spiro atoms. The molecule has 0 aromatic carbocycles. The molecule has 3 rings (SSSR count). The van der Waals surface area contributed by atoms with E-state index in [9.17, 15) is 0 Å². The summed E-state index contributed by atoms with van der Waals surface area (Å²) in [4.78, 5) is 5.87. The Labute approximate surface area is 124 Å². The average molecular weight is 287 g/mol. The standard InChI is InChI=1S/C16H21N3S/c1-2-7-18-12-9-13(11-17-10-12)19-15-4-3-5-16-14(15)6-8-20-16/h6,8-11,15,18-19H,2-5,7H2,1H3. The number of aryl methyl sites for hydroxylation is 1. The van der Waals surface area contributed by atoms with Crippen LogP contribution in [0.25, 0.3) is 0 Å². The second-order valence-electron chi connectivity index (χ2n) is 5.28. The average Bonchev–Trinajstić information content (AvgIpc) is 2.95. The van der Waals surface area contributed by atoms with Gasteiger partial charge in [0.05, 0.1) is 29.8 Å². The summed E-state index contributed by atoms with van der Waals surface area (Å²) in [5.74, 6) is 0. The maximum absolute atomic E-state index is 4.32. The summed E-state index contributed by atoms with van der Waals surface area (Å²) < 4.78 is 0. The number of thiophene rings is 1. The molecular weight excluding hydrogens is 266 g/mol. The van der Waals surface area contributed by atoms with Crippen LogP contribution in [0.4, 0.5) is 11.4 Å². The van der Waals surface area contributed by atoms with Crippen molar-refractivity contribution in [3.8, 4) is 0 Å². The fourth-order valence-corrected chi connectivity index (χ4v) is 3.71. The summed E-state index contributed by atoms with van der Waals surface area (Å²) in [7, 11) is 0. The predicted octanol–water partition coefficient (Wildman–Crippen LogP) is 4.45. The van der Waals surface area contributed by atoms with Crippen LogP contribution in [0.15, 0.2) is 29.9 Å². The summed E-state index contributed by atoms with van der Waals surface area (Å²) in [5, 5.41) is 9.24. The molecule has 4 heteroatoms. The van der Waals surface area contributed by atoms with E-state index >= 15 is 0 Å². The molecule has 0 fully saturated rings. The number of rotatable bonds is 5. The number of anilines is 2. The van der Waals surface area contributed by atoms with E-state index < -0.39 is 0 Å². The van der Waals surface area contributed by atoms with Gasteiger partial charge in [0, 0.05) is 11.4 Å². The van der Waals surface area contributed by atoms with Gasteiger partial charge in [-0.2, -0.15) is 0 Å². The molecule has 2 N–H and O–H groups in total. The normalized spacial score (nSPS) is 17.6. The van der Waals surface area contributed by atoms with E-state index in [4.69, 9.17) is 0 Å². The van der Waals surface area contributed by atoms with Gasteiger partial charge in [0.25, 0.3) is 0 Å². The minimum absolute atomic E-state index is 0.438. The zero-order chi connectivity index (χ0) is 13.8. The van der Waals surface area contributed by atoms with Crippen LogP contribution in [0, 0.1) is 0 Å². The summed E-state index contributed by atoms with van der Waals surface area (Å²) >= 11 is 1.89. The molecule has 0 radical (unpaired) electrons. The first-order valence-corrected chi connectivity index (χ1v) is 8.26. The van der Waals surface area contributed by atoms with E-state index in [0.29, 0.717) is 6.04 Å². The Hall–Kier alpha value is -1.55.